The third kappa shape index (κ3) is 3.61. The zero-order chi connectivity index (χ0) is 16.5. The number of aromatic nitrogens is 1. The fourth-order valence-corrected chi connectivity index (χ4v) is 3.96. The van der Waals surface area contributed by atoms with Crippen LogP contribution >= 0.6 is 12.4 Å². The molecule has 0 atom stereocenters. The third-order valence-corrected chi connectivity index (χ3v) is 5.52. The van der Waals surface area contributed by atoms with Crippen molar-refractivity contribution in [2.45, 2.75) is 39.2 Å². The van der Waals surface area contributed by atoms with Crippen LogP contribution in [0.4, 0.5) is 0 Å². The molecule has 1 saturated heterocycles. The fourth-order valence-electron chi connectivity index (χ4n) is 3.96. The number of hydrogen-bond acceptors (Lipinski definition) is 1. The van der Waals surface area contributed by atoms with Gasteiger partial charge in [-0.1, -0.05) is 36.4 Å². The lowest BCUT2D eigenvalue weighted by Gasteiger charge is -2.22. The molecule has 0 unspecified atom stereocenters. The topological polar surface area (TPSA) is 17.0 Å². The number of aryl methyl sites for hydroxylation is 2. The number of rotatable bonds is 3. The standard InChI is InChI=1S/C22H26N2.ClH/c1-16-7-8-18(13-17(16)2)14-24-15-21(19-9-11-23-12-10-19)20-5-3-4-6-22(20)24;/h3-8,13,15,19,23H,9-12,14H2,1-2H3;1H. The largest absolute Gasteiger partial charge is 0.343 e. The van der Waals surface area contributed by atoms with Gasteiger partial charge >= 0.3 is 0 Å². The molecule has 0 aliphatic carbocycles. The van der Waals surface area contributed by atoms with Gasteiger partial charge in [-0.15, -0.1) is 12.4 Å². The summed E-state index contributed by atoms with van der Waals surface area (Å²) in [5, 5.41) is 4.92. The van der Waals surface area contributed by atoms with Crippen LogP contribution in [0.25, 0.3) is 10.9 Å². The molecule has 2 nitrogen and oxygen atoms in total. The Morgan fingerprint density at radius 1 is 1.00 bits per heavy atom. The maximum absolute atomic E-state index is 3.48. The molecule has 1 aromatic heterocycles. The number of nitrogens with one attached hydrogen (secondary N) is 1. The zero-order valence-corrected chi connectivity index (χ0v) is 15.9. The molecule has 0 radical (unpaired) electrons. The Morgan fingerprint density at radius 2 is 1.76 bits per heavy atom. The van der Waals surface area contributed by atoms with Crippen molar-refractivity contribution < 1.29 is 0 Å². The molecule has 2 heterocycles. The van der Waals surface area contributed by atoms with E-state index in [1.807, 2.05) is 0 Å². The van der Waals surface area contributed by atoms with Crippen LogP contribution in [0.15, 0.2) is 48.7 Å². The Kier molecular flexibility index (Phi) is 5.51. The number of hydrogen-bond donors (Lipinski definition) is 1. The Balaban J connectivity index is 0.00000182. The molecule has 1 fully saturated rings. The molecule has 132 valence electrons. The van der Waals surface area contributed by atoms with Gasteiger partial charge in [0.25, 0.3) is 0 Å². The first-order valence-electron chi connectivity index (χ1n) is 9.07. The summed E-state index contributed by atoms with van der Waals surface area (Å²) in [7, 11) is 0. The molecule has 1 aliphatic heterocycles. The van der Waals surface area contributed by atoms with Crippen molar-refractivity contribution in [2.75, 3.05) is 13.1 Å². The van der Waals surface area contributed by atoms with E-state index in [0.29, 0.717) is 5.92 Å². The van der Waals surface area contributed by atoms with Gasteiger partial charge in [-0.2, -0.15) is 0 Å². The number of piperidine rings is 1. The molecule has 25 heavy (non-hydrogen) atoms. The second-order valence-electron chi connectivity index (χ2n) is 7.17. The molecule has 1 aliphatic rings. The Bertz CT molecular complexity index is 860. The van der Waals surface area contributed by atoms with Crippen LogP contribution in [-0.4, -0.2) is 17.7 Å². The molecule has 1 N–H and O–H groups in total. The van der Waals surface area contributed by atoms with E-state index in [-0.39, 0.29) is 12.4 Å². The van der Waals surface area contributed by atoms with Gasteiger partial charge < -0.3 is 9.88 Å². The van der Waals surface area contributed by atoms with Crippen molar-refractivity contribution in [3.63, 3.8) is 0 Å². The quantitative estimate of drug-likeness (QED) is 0.684. The first-order valence-corrected chi connectivity index (χ1v) is 9.07. The van der Waals surface area contributed by atoms with Gasteiger partial charge in [0.1, 0.15) is 0 Å². The highest BCUT2D eigenvalue weighted by molar-refractivity contribution is 5.85. The molecule has 0 bridgehead atoms. The first kappa shape index (κ1) is 18.0. The Labute approximate surface area is 156 Å². The Morgan fingerprint density at radius 3 is 2.52 bits per heavy atom. The van der Waals surface area contributed by atoms with Crippen LogP contribution in [0.2, 0.25) is 0 Å². The zero-order valence-electron chi connectivity index (χ0n) is 15.1. The van der Waals surface area contributed by atoms with Crippen LogP contribution in [0, 0.1) is 13.8 Å². The van der Waals surface area contributed by atoms with Gasteiger partial charge in [0.2, 0.25) is 0 Å². The van der Waals surface area contributed by atoms with Crippen molar-refractivity contribution in [3.8, 4) is 0 Å². The molecular weight excluding hydrogens is 328 g/mol. The highest BCUT2D eigenvalue weighted by Gasteiger charge is 2.20. The van der Waals surface area contributed by atoms with E-state index in [0.717, 1.165) is 19.6 Å². The lowest BCUT2D eigenvalue weighted by Crippen LogP contribution is -2.26. The summed E-state index contributed by atoms with van der Waals surface area (Å²) < 4.78 is 2.44. The average molecular weight is 355 g/mol. The van der Waals surface area contributed by atoms with Crippen molar-refractivity contribution in [1.82, 2.24) is 9.88 Å². The average Bonchev–Trinajstić information content (AvgIpc) is 2.98. The van der Waals surface area contributed by atoms with E-state index in [1.165, 1.54) is 46.0 Å². The van der Waals surface area contributed by atoms with Crippen LogP contribution in [0.1, 0.15) is 41.0 Å². The van der Waals surface area contributed by atoms with Crippen molar-refractivity contribution >= 4 is 23.3 Å². The van der Waals surface area contributed by atoms with Gasteiger partial charge in [-0.3, -0.25) is 0 Å². The molecule has 3 heteroatoms. The number of halogens is 1. The minimum absolute atomic E-state index is 0. The predicted molar refractivity (Wildman–Crippen MR) is 109 cm³/mol. The van der Waals surface area contributed by atoms with Gasteiger partial charge in [0, 0.05) is 23.6 Å². The smallest absolute Gasteiger partial charge is 0.0486 e. The fraction of sp³-hybridized carbons (Fsp3) is 0.364. The maximum atomic E-state index is 3.48. The molecular formula is C22H27ClN2. The van der Waals surface area contributed by atoms with Crippen LogP contribution in [-0.2, 0) is 6.54 Å². The first-order chi connectivity index (χ1) is 11.7. The SMILES string of the molecule is Cc1ccc(Cn2cc(C3CCNCC3)c3ccccc32)cc1C.Cl. The van der Waals surface area contributed by atoms with E-state index >= 15 is 0 Å². The third-order valence-electron chi connectivity index (χ3n) is 5.52. The van der Waals surface area contributed by atoms with E-state index < -0.39 is 0 Å². The summed E-state index contributed by atoms with van der Waals surface area (Å²) in [5.74, 6) is 0.692. The molecule has 0 amide bonds. The van der Waals surface area contributed by atoms with Gasteiger partial charge in [-0.25, -0.2) is 0 Å². The second-order valence-corrected chi connectivity index (χ2v) is 7.17. The predicted octanol–water partition coefficient (Wildman–Crippen LogP) is 5.20. The number of fused-ring (bicyclic) bond motifs is 1. The van der Waals surface area contributed by atoms with Gasteiger partial charge in [0.15, 0.2) is 0 Å². The summed E-state index contributed by atoms with van der Waals surface area (Å²) in [4.78, 5) is 0. The minimum Gasteiger partial charge on any atom is -0.343 e. The highest BCUT2D eigenvalue weighted by atomic mass is 35.5. The molecule has 4 rings (SSSR count). The summed E-state index contributed by atoms with van der Waals surface area (Å²) in [6, 6.07) is 15.7. The number of benzene rings is 2. The monoisotopic (exact) mass is 354 g/mol. The van der Waals surface area contributed by atoms with Crippen molar-refractivity contribution in [1.29, 1.82) is 0 Å². The van der Waals surface area contributed by atoms with Gasteiger partial charge in [0.05, 0.1) is 0 Å². The lowest BCUT2D eigenvalue weighted by atomic mass is 9.90. The molecule has 3 aromatic rings. The summed E-state index contributed by atoms with van der Waals surface area (Å²) in [6.45, 7) is 7.61. The molecule has 2 aromatic carbocycles. The van der Waals surface area contributed by atoms with Crippen molar-refractivity contribution in [2.24, 2.45) is 0 Å². The second kappa shape index (κ2) is 7.63. The van der Waals surface area contributed by atoms with Crippen LogP contribution in [0.5, 0.6) is 0 Å². The van der Waals surface area contributed by atoms with Crippen molar-refractivity contribution in [3.05, 3.63) is 70.9 Å². The summed E-state index contributed by atoms with van der Waals surface area (Å²) in [5.41, 5.74) is 7.03. The number of nitrogens with zero attached hydrogens (tertiary/aromatic N) is 1. The van der Waals surface area contributed by atoms with Crippen LogP contribution < -0.4 is 5.32 Å². The molecule has 0 spiro atoms. The van der Waals surface area contributed by atoms with E-state index in [2.05, 4.69) is 72.4 Å². The van der Waals surface area contributed by atoms with Crippen LogP contribution in [0.3, 0.4) is 0 Å². The molecule has 0 saturated carbocycles. The lowest BCUT2D eigenvalue weighted by molar-refractivity contribution is 0.461. The van der Waals surface area contributed by atoms with E-state index in [9.17, 15) is 0 Å². The minimum atomic E-state index is 0. The number of para-hydroxylation sites is 1. The maximum Gasteiger partial charge on any atom is 0.0486 e. The van der Waals surface area contributed by atoms with Gasteiger partial charge in [-0.05, 0) is 74.0 Å². The summed E-state index contributed by atoms with van der Waals surface area (Å²) in [6.07, 6.45) is 4.91. The highest BCUT2D eigenvalue weighted by Crippen LogP contribution is 2.33. The Hall–Kier alpha value is -1.77. The van der Waals surface area contributed by atoms with E-state index in [1.54, 1.807) is 0 Å². The normalized spacial score (nSPS) is 15.3. The summed E-state index contributed by atoms with van der Waals surface area (Å²) >= 11 is 0. The van der Waals surface area contributed by atoms with E-state index in [4.69, 9.17) is 0 Å².